The summed E-state index contributed by atoms with van der Waals surface area (Å²) in [5.74, 6) is 0.224. The number of amides is 1. The number of hydrogen-bond donors (Lipinski definition) is 2. The summed E-state index contributed by atoms with van der Waals surface area (Å²) in [5, 5.41) is 8.72. The van der Waals surface area contributed by atoms with Crippen LogP contribution < -0.4 is 10.2 Å². The Morgan fingerprint density at radius 1 is 0.960 bits per heavy atom. The third-order valence-electron chi connectivity index (χ3n) is 3.81. The van der Waals surface area contributed by atoms with Crippen molar-refractivity contribution < 1.29 is 14.7 Å². The van der Waals surface area contributed by atoms with Gasteiger partial charge in [-0.2, -0.15) is 0 Å². The number of hydrogen-bond acceptors (Lipinski definition) is 4. The van der Waals surface area contributed by atoms with E-state index in [1.165, 1.54) is 0 Å². The first-order chi connectivity index (χ1) is 12.2. The zero-order valence-electron chi connectivity index (χ0n) is 13.8. The molecule has 5 nitrogen and oxygen atoms in total. The van der Waals surface area contributed by atoms with Crippen LogP contribution in [0.3, 0.4) is 0 Å². The smallest absolute Gasteiger partial charge is 0.293 e. The van der Waals surface area contributed by atoms with Gasteiger partial charge in [0, 0.05) is 6.20 Å². The van der Waals surface area contributed by atoms with E-state index < -0.39 is 5.91 Å². The van der Waals surface area contributed by atoms with Gasteiger partial charge in [-0.25, -0.2) is 5.48 Å². The fourth-order valence-electron chi connectivity index (χ4n) is 2.56. The molecule has 0 aliphatic carbocycles. The van der Waals surface area contributed by atoms with Crippen molar-refractivity contribution >= 4 is 5.91 Å². The minimum atomic E-state index is -0.632. The molecule has 126 valence electrons. The van der Waals surface area contributed by atoms with E-state index in [9.17, 15) is 4.79 Å². The number of pyridine rings is 1. The average molecular weight is 334 g/mol. The number of hydroxylamine groups is 1. The molecule has 0 aliphatic heterocycles. The first-order valence-corrected chi connectivity index (χ1v) is 7.95. The lowest BCUT2D eigenvalue weighted by molar-refractivity contribution is 0.0701. The van der Waals surface area contributed by atoms with Crippen molar-refractivity contribution in [2.45, 2.75) is 6.92 Å². The second-order valence-electron chi connectivity index (χ2n) is 5.41. The Labute approximate surface area is 145 Å². The summed E-state index contributed by atoms with van der Waals surface area (Å²) in [4.78, 5) is 15.4. The van der Waals surface area contributed by atoms with Gasteiger partial charge in [0.2, 0.25) is 0 Å². The van der Waals surface area contributed by atoms with Crippen molar-refractivity contribution in [2.75, 3.05) is 6.61 Å². The van der Waals surface area contributed by atoms with Gasteiger partial charge >= 0.3 is 0 Å². The molecule has 0 unspecified atom stereocenters. The standard InChI is InChI=1S/C20H18N2O3/c1-2-25-18-9-7-15(8-10-18)14-3-5-16(6-4-14)17-11-12-21-19(13-17)20(23)22-24/h3-13,24H,2H2,1H3,(H,22,23). The summed E-state index contributed by atoms with van der Waals surface area (Å²) < 4.78 is 5.46. The van der Waals surface area contributed by atoms with Crippen LogP contribution in [0.2, 0.25) is 0 Å². The molecule has 0 radical (unpaired) electrons. The summed E-state index contributed by atoms with van der Waals surface area (Å²) in [6.45, 7) is 2.61. The van der Waals surface area contributed by atoms with Crippen molar-refractivity contribution in [1.82, 2.24) is 10.5 Å². The Hall–Kier alpha value is -3.18. The highest BCUT2D eigenvalue weighted by Gasteiger charge is 2.08. The summed E-state index contributed by atoms with van der Waals surface area (Å²) in [6.07, 6.45) is 1.54. The summed E-state index contributed by atoms with van der Waals surface area (Å²) in [5.41, 5.74) is 5.76. The Morgan fingerprint density at radius 3 is 2.08 bits per heavy atom. The van der Waals surface area contributed by atoms with Gasteiger partial charge in [0.15, 0.2) is 0 Å². The maximum atomic E-state index is 11.5. The Bertz CT molecular complexity index is 859. The highest BCUT2D eigenvalue weighted by Crippen LogP contribution is 2.26. The molecule has 0 saturated heterocycles. The largest absolute Gasteiger partial charge is 0.494 e. The lowest BCUT2D eigenvalue weighted by Gasteiger charge is -2.07. The Kier molecular flexibility index (Phi) is 5.06. The van der Waals surface area contributed by atoms with Crippen LogP contribution >= 0.6 is 0 Å². The lowest BCUT2D eigenvalue weighted by atomic mass is 10.0. The number of benzene rings is 2. The zero-order valence-corrected chi connectivity index (χ0v) is 13.8. The summed E-state index contributed by atoms with van der Waals surface area (Å²) >= 11 is 0. The van der Waals surface area contributed by atoms with E-state index in [-0.39, 0.29) is 5.69 Å². The minimum Gasteiger partial charge on any atom is -0.494 e. The first kappa shape index (κ1) is 16.7. The van der Waals surface area contributed by atoms with E-state index in [2.05, 4.69) is 4.98 Å². The molecule has 0 fully saturated rings. The number of ether oxygens (including phenoxy) is 1. The number of carbonyl (C=O) groups is 1. The van der Waals surface area contributed by atoms with Crippen LogP contribution in [-0.2, 0) is 0 Å². The lowest BCUT2D eigenvalue weighted by Crippen LogP contribution is -2.19. The van der Waals surface area contributed by atoms with E-state index >= 15 is 0 Å². The first-order valence-electron chi connectivity index (χ1n) is 7.95. The predicted molar refractivity (Wildman–Crippen MR) is 95.5 cm³/mol. The van der Waals surface area contributed by atoms with Crippen LogP contribution in [0, 0.1) is 0 Å². The number of nitrogens with zero attached hydrogens (tertiary/aromatic N) is 1. The second kappa shape index (κ2) is 7.59. The number of rotatable bonds is 5. The third kappa shape index (κ3) is 3.84. The highest BCUT2D eigenvalue weighted by atomic mass is 16.5. The molecule has 0 atom stereocenters. The summed E-state index contributed by atoms with van der Waals surface area (Å²) in [6, 6.07) is 19.4. The van der Waals surface area contributed by atoms with Gasteiger partial charge in [-0.15, -0.1) is 0 Å². The molecular weight excluding hydrogens is 316 g/mol. The van der Waals surface area contributed by atoms with Crippen LogP contribution in [0.5, 0.6) is 5.75 Å². The fraction of sp³-hybridized carbons (Fsp3) is 0.100. The quantitative estimate of drug-likeness (QED) is 0.548. The molecule has 3 aromatic rings. The predicted octanol–water partition coefficient (Wildman–Crippen LogP) is 3.93. The monoisotopic (exact) mass is 334 g/mol. The van der Waals surface area contributed by atoms with Crippen molar-refractivity contribution in [3.8, 4) is 28.0 Å². The van der Waals surface area contributed by atoms with Gasteiger partial charge < -0.3 is 4.74 Å². The molecular formula is C20H18N2O3. The van der Waals surface area contributed by atoms with Crippen molar-refractivity contribution in [2.24, 2.45) is 0 Å². The van der Waals surface area contributed by atoms with Gasteiger partial charge in [0.25, 0.3) is 5.91 Å². The second-order valence-corrected chi connectivity index (χ2v) is 5.41. The molecule has 1 heterocycles. The van der Waals surface area contributed by atoms with Gasteiger partial charge in [-0.1, -0.05) is 36.4 Å². The molecule has 1 aromatic heterocycles. The Morgan fingerprint density at radius 2 is 1.52 bits per heavy atom. The topological polar surface area (TPSA) is 71.5 Å². The molecule has 0 saturated carbocycles. The molecule has 0 bridgehead atoms. The van der Waals surface area contributed by atoms with E-state index in [4.69, 9.17) is 9.94 Å². The van der Waals surface area contributed by atoms with E-state index in [0.29, 0.717) is 6.61 Å². The molecule has 5 heteroatoms. The molecule has 1 amide bonds. The molecule has 0 aliphatic rings. The van der Waals surface area contributed by atoms with Crippen LogP contribution in [-0.4, -0.2) is 22.7 Å². The maximum Gasteiger partial charge on any atom is 0.293 e. The summed E-state index contributed by atoms with van der Waals surface area (Å²) in [7, 11) is 0. The number of aromatic nitrogens is 1. The maximum absolute atomic E-state index is 11.5. The third-order valence-corrected chi connectivity index (χ3v) is 3.81. The average Bonchev–Trinajstić information content (AvgIpc) is 2.68. The van der Waals surface area contributed by atoms with Gasteiger partial charge in [-0.3, -0.25) is 15.0 Å². The molecule has 3 rings (SSSR count). The zero-order chi connectivity index (χ0) is 17.6. The molecule has 2 N–H and O–H groups in total. The van der Waals surface area contributed by atoms with E-state index in [1.807, 2.05) is 61.5 Å². The van der Waals surface area contributed by atoms with Crippen molar-refractivity contribution in [3.05, 3.63) is 72.6 Å². The van der Waals surface area contributed by atoms with Crippen LogP contribution in [0.4, 0.5) is 0 Å². The van der Waals surface area contributed by atoms with E-state index in [0.717, 1.165) is 28.0 Å². The number of nitrogens with one attached hydrogen (secondary N) is 1. The normalized spacial score (nSPS) is 10.3. The van der Waals surface area contributed by atoms with Gasteiger partial charge in [0.05, 0.1) is 6.61 Å². The minimum absolute atomic E-state index is 0.163. The van der Waals surface area contributed by atoms with E-state index in [1.54, 1.807) is 17.7 Å². The SMILES string of the molecule is CCOc1ccc(-c2ccc(-c3ccnc(C(=O)NO)c3)cc2)cc1. The van der Waals surface area contributed by atoms with Crippen molar-refractivity contribution in [1.29, 1.82) is 0 Å². The Balaban J connectivity index is 1.83. The van der Waals surface area contributed by atoms with Gasteiger partial charge in [0.1, 0.15) is 11.4 Å². The number of carbonyl (C=O) groups excluding carboxylic acids is 1. The molecule has 0 spiro atoms. The molecule has 25 heavy (non-hydrogen) atoms. The highest BCUT2D eigenvalue weighted by molar-refractivity contribution is 5.92. The van der Waals surface area contributed by atoms with Crippen LogP contribution in [0.25, 0.3) is 22.3 Å². The molecule has 2 aromatic carbocycles. The van der Waals surface area contributed by atoms with Crippen LogP contribution in [0.1, 0.15) is 17.4 Å². The van der Waals surface area contributed by atoms with Crippen LogP contribution in [0.15, 0.2) is 66.9 Å². The fourth-order valence-corrected chi connectivity index (χ4v) is 2.56. The van der Waals surface area contributed by atoms with Gasteiger partial charge in [-0.05, 0) is 53.4 Å². The van der Waals surface area contributed by atoms with Crippen molar-refractivity contribution in [3.63, 3.8) is 0 Å².